The molecule has 0 saturated heterocycles. The summed E-state index contributed by atoms with van der Waals surface area (Å²) in [5.74, 6) is -0.231. The zero-order valence-corrected chi connectivity index (χ0v) is 15.9. The molecule has 2 aromatic carbocycles. The van der Waals surface area contributed by atoms with E-state index in [1.165, 1.54) is 11.3 Å². The van der Waals surface area contributed by atoms with Gasteiger partial charge in [0.25, 0.3) is 0 Å². The SMILES string of the molecule is CCO/C(=C\c1ccc2oc(CN3CCCc4ccccc43)cc2c1)C(=O)O. The highest BCUT2D eigenvalue weighted by Crippen LogP contribution is 2.30. The summed E-state index contributed by atoms with van der Waals surface area (Å²) >= 11 is 0. The Morgan fingerprint density at radius 2 is 2.11 bits per heavy atom. The van der Waals surface area contributed by atoms with Gasteiger partial charge in [-0.1, -0.05) is 24.3 Å². The van der Waals surface area contributed by atoms with Crippen LogP contribution in [-0.2, 0) is 22.5 Å². The third-order valence-electron chi connectivity index (χ3n) is 4.95. The molecule has 1 aliphatic rings. The van der Waals surface area contributed by atoms with E-state index in [1.807, 2.05) is 24.3 Å². The maximum atomic E-state index is 11.3. The number of nitrogens with zero attached hydrogens (tertiary/aromatic N) is 1. The zero-order valence-electron chi connectivity index (χ0n) is 15.9. The van der Waals surface area contributed by atoms with Gasteiger partial charge in [0, 0.05) is 17.6 Å². The van der Waals surface area contributed by atoms with E-state index < -0.39 is 5.97 Å². The highest BCUT2D eigenvalue weighted by atomic mass is 16.5. The first-order valence-corrected chi connectivity index (χ1v) is 9.57. The number of carboxylic acid groups (broad SMARTS) is 1. The minimum atomic E-state index is -1.07. The van der Waals surface area contributed by atoms with E-state index >= 15 is 0 Å². The Hall–Kier alpha value is -3.21. The monoisotopic (exact) mass is 377 g/mol. The highest BCUT2D eigenvalue weighted by molar-refractivity contribution is 5.91. The first-order valence-electron chi connectivity index (χ1n) is 9.57. The van der Waals surface area contributed by atoms with Crippen LogP contribution in [0, 0.1) is 0 Å². The number of benzene rings is 2. The average Bonchev–Trinajstić information content (AvgIpc) is 3.09. The number of rotatable bonds is 6. The Bertz CT molecular complexity index is 1030. The number of aryl methyl sites for hydroxylation is 1. The van der Waals surface area contributed by atoms with Gasteiger partial charge in [-0.2, -0.15) is 0 Å². The molecule has 0 saturated carbocycles. The van der Waals surface area contributed by atoms with E-state index in [-0.39, 0.29) is 5.76 Å². The second-order valence-corrected chi connectivity index (χ2v) is 6.91. The molecule has 0 unspecified atom stereocenters. The molecular weight excluding hydrogens is 354 g/mol. The molecule has 0 fully saturated rings. The lowest BCUT2D eigenvalue weighted by Crippen LogP contribution is -2.28. The average molecular weight is 377 g/mol. The summed E-state index contributed by atoms with van der Waals surface area (Å²) < 4.78 is 11.2. The number of fused-ring (bicyclic) bond motifs is 2. The van der Waals surface area contributed by atoms with Crippen molar-refractivity contribution in [3.05, 3.63) is 71.2 Å². The summed E-state index contributed by atoms with van der Waals surface area (Å²) in [6.07, 6.45) is 3.80. The van der Waals surface area contributed by atoms with Crippen molar-refractivity contribution in [2.75, 3.05) is 18.1 Å². The molecule has 3 aromatic rings. The van der Waals surface area contributed by atoms with Crippen molar-refractivity contribution in [3.8, 4) is 0 Å². The Balaban J connectivity index is 1.59. The molecule has 28 heavy (non-hydrogen) atoms. The van der Waals surface area contributed by atoms with Crippen molar-refractivity contribution >= 4 is 28.7 Å². The van der Waals surface area contributed by atoms with Gasteiger partial charge in [0.05, 0.1) is 13.2 Å². The van der Waals surface area contributed by atoms with Gasteiger partial charge in [0.15, 0.2) is 0 Å². The van der Waals surface area contributed by atoms with Gasteiger partial charge >= 0.3 is 5.97 Å². The molecule has 0 aliphatic carbocycles. The Labute approximate surface area is 163 Å². The molecule has 1 aromatic heterocycles. The molecule has 4 rings (SSSR count). The van der Waals surface area contributed by atoms with Crippen LogP contribution in [-0.4, -0.2) is 24.2 Å². The third-order valence-corrected chi connectivity index (χ3v) is 4.95. The van der Waals surface area contributed by atoms with E-state index in [0.717, 1.165) is 48.2 Å². The van der Waals surface area contributed by atoms with Crippen molar-refractivity contribution in [1.29, 1.82) is 0 Å². The summed E-state index contributed by atoms with van der Waals surface area (Å²) in [6, 6.07) is 16.2. The predicted octanol–water partition coefficient (Wildman–Crippen LogP) is 4.85. The third kappa shape index (κ3) is 3.74. The van der Waals surface area contributed by atoms with Gasteiger partial charge in [-0.25, -0.2) is 4.79 Å². The number of para-hydroxylation sites is 1. The standard InChI is InChI=1S/C23H23NO4/c1-2-27-22(23(25)26)13-16-9-10-21-18(12-16)14-19(28-21)15-24-11-5-7-17-6-3-4-8-20(17)24/h3-4,6,8-10,12-14H,2,5,7,11,15H2,1H3,(H,25,26)/b22-13-. The molecule has 0 spiro atoms. The maximum absolute atomic E-state index is 11.3. The lowest BCUT2D eigenvalue weighted by atomic mass is 10.0. The van der Waals surface area contributed by atoms with Gasteiger partial charge in [0.1, 0.15) is 11.3 Å². The van der Waals surface area contributed by atoms with Gasteiger partial charge in [-0.3, -0.25) is 0 Å². The van der Waals surface area contributed by atoms with E-state index in [9.17, 15) is 9.90 Å². The molecule has 5 nitrogen and oxygen atoms in total. The van der Waals surface area contributed by atoms with Crippen LogP contribution < -0.4 is 4.90 Å². The summed E-state index contributed by atoms with van der Waals surface area (Å²) in [4.78, 5) is 13.6. The number of hydrogen-bond donors (Lipinski definition) is 1. The van der Waals surface area contributed by atoms with Gasteiger partial charge in [-0.05, 0) is 61.2 Å². The smallest absolute Gasteiger partial charge is 0.371 e. The number of carboxylic acids is 1. The van der Waals surface area contributed by atoms with Gasteiger partial charge < -0.3 is 19.2 Å². The second kappa shape index (κ2) is 7.80. The van der Waals surface area contributed by atoms with Crippen LogP contribution in [0.1, 0.15) is 30.2 Å². The van der Waals surface area contributed by atoms with Crippen molar-refractivity contribution in [2.24, 2.45) is 0 Å². The van der Waals surface area contributed by atoms with Crippen molar-refractivity contribution in [3.63, 3.8) is 0 Å². The summed E-state index contributed by atoms with van der Waals surface area (Å²) in [7, 11) is 0. The fourth-order valence-electron chi connectivity index (χ4n) is 3.72. The molecule has 0 atom stereocenters. The van der Waals surface area contributed by atoms with Gasteiger partial charge in [0.2, 0.25) is 5.76 Å². The van der Waals surface area contributed by atoms with Crippen LogP contribution in [0.25, 0.3) is 17.0 Å². The Morgan fingerprint density at radius 1 is 1.25 bits per heavy atom. The van der Waals surface area contributed by atoms with E-state index in [0.29, 0.717) is 6.61 Å². The van der Waals surface area contributed by atoms with E-state index in [2.05, 4.69) is 29.2 Å². The topological polar surface area (TPSA) is 62.9 Å². The van der Waals surface area contributed by atoms with Crippen molar-refractivity contribution < 1.29 is 19.1 Å². The molecule has 5 heteroatoms. The predicted molar refractivity (Wildman–Crippen MR) is 109 cm³/mol. The summed E-state index contributed by atoms with van der Waals surface area (Å²) in [6.45, 7) is 3.81. The van der Waals surface area contributed by atoms with Crippen LogP contribution in [0.4, 0.5) is 5.69 Å². The number of hydrogen-bond acceptors (Lipinski definition) is 4. The first kappa shape index (κ1) is 18.2. The Morgan fingerprint density at radius 3 is 2.93 bits per heavy atom. The van der Waals surface area contributed by atoms with Crippen LogP contribution in [0.15, 0.2) is 58.7 Å². The lowest BCUT2D eigenvalue weighted by Gasteiger charge is -2.30. The molecule has 0 bridgehead atoms. The molecule has 1 N–H and O–H groups in total. The minimum absolute atomic E-state index is 0.0597. The number of furan rings is 1. The lowest BCUT2D eigenvalue weighted by molar-refractivity contribution is -0.136. The van der Waals surface area contributed by atoms with E-state index in [4.69, 9.17) is 9.15 Å². The van der Waals surface area contributed by atoms with Crippen molar-refractivity contribution in [1.82, 2.24) is 0 Å². The Kier molecular flexibility index (Phi) is 5.06. The molecular formula is C23H23NO4. The molecule has 1 aliphatic heterocycles. The quantitative estimate of drug-likeness (QED) is 0.492. The fraction of sp³-hybridized carbons (Fsp3) is 0.261. The zero-order chi connectivity index (χ0) is 19.5. The number of ether oxygens (including phenoxy) is 1. The fourth-order valence-corrected chi connectivity index (χ4v) is 3.72. The largest absolute Gasteiger partial charge is 0.487 e. The number of carbonyl (C=O) groups is 1. The molecule has 2 heterocycles. The molecule has 144 valence electrons. The number of anilines is 1. The van der Waals surface area contributed by atoms with Crippen molar-refractivity contribution in [2.45, 2.75) is 26.3 Å². The number of aliphatic carboxylic acids is 1. The maximum Gasteiger partial charge on any atom is 0.371 e. The minimum Gasteiger partial charge on any atom is -0.487 e. The van der Waals surface area contributed by atoms with Crippen LogP contribution in [0.3, 0.4) is 0 Å². The van der Waals surface area contributed by atoms with Crippen LogP contribution in [0.2, 0.25) is 0 Å². The van der Waals surface area contributed by atoms with Gasteiger partial charge in [-0.15, -0.1) is 0 Å². The normalized spacial score (nSPS) is 14.2. The second-order valence-electron chi connectivity index (χ2n) is 6.91. The summed E-state index contributed by atoms with van der Waals surface area (Å²) in [5, 5.41) is 10.2. The van der Waals surface area contributed by atoms with Crippen LogP contribution >= 0.6 is 0 Å². The summed E-state index contributed by atoms with van der Waals surface area (Å²) in [5.41, 5.74) is 4.23. The first-order chi connectivity index (χ1) is 13.6. The van der Waals surface area contributed by atoms with Crippen LogP contribution in [0.5, 0.6) is 0 Å². The molecule has 0 amide bonds. The molecule has 0 radical (unpaired) electrons. The van der Waals surface area contributed by atoms with E-state index in [1.54, 1.807) is 13.0 Å². The highest BCUT2D eigenvalue weighted by Gasteiger charge is 2.18.